The van der Waals surface area contributed by atoms with Crippen molar-refractivity contribution >= 4 is 0 Å². The van der Waals surface area contributed by atoms with E-state index in [1.165, 1.54) is 0 Å². The SMILES string of the molecule is Oc1ccccc1.[Co]. The number of rotatable bonds is 0. The second-order valence-electron chi connectivity index (χ2n) is 1.34. The third kappa shape index (κ3) is 2.00. The van der Waals surface area contributed by atoms with Crippen molar-refractivity contribution in [3.8, 4) is 5.75 Å². The minimum absolute atomic E-state index is 0. The topological polar surface area (TPSA) is 20.2 Å². The predicted octanol–water partition coefficient (Wildman–Crippen LogP) is 1.39. The Labute approximate surface area is 58.5 Å². The molecule has 0 saturated carbocycles. The zero-order valence-electron chi connectivity index (χ0n) is 4.17. The van der Waals surface area contributed by atoms with Crippen LogP contribution in [0.25, 0.3) is 0 Å². The zero-order chi connectivity index (χ0) is 5.11. The standard InChI is InChI=1S/C6H6O.Co/c7-6-4-2-1-3-5-6;/h1-5,7H;. The third-order valence-corrected chi connectivity index (χ3v) is 0.756. The van der Waals surface area contributed by atoms with Gasteiger partial charge < -0.3 is 5.11 Å². The average molecular weight is 153 g/mol. The summed E-state index contributed by atoms with van der Waals surface area (Å²) >= 11 is 0. The van der Waals surface area contributed by atoms with E-state index in [0.717, 1.165) is 0 Å². The van der Waals surface area contributed by atoms with Gasteiger partial charge in [0.05, 0.1) is 0 Å². The number of hydrogen-bond acceptors (Lipinski definition) is 1. The molecule has 1 rings (SSSR count). The Morgan fingerprint density at radius 1 is 1.00 bits per heavy atom. The van der Waals surface area contributed by atoms with Crippen LogP contribution in [0.15, 0.2) is 30.3 Å². The Balaban J connectivity index is 0.000000490. The second-order valence-corrected chi connectivity index (χ2v) is 1.34. The molecule has 1 N–H and O–H groups in total. The summed E-state index contributed by atoms with van der Waals surface area (Å²) in [4.78, 5) is 0. The van der Waals surface area contributed by atoms with Crippen molar-refractivity contribution in [3.05, 3.63) is 30.3 Å². The molecule has 0 fully saturated rings. The van der Waals surface area contributed by atoms with Gasteiger partial charge in [-0.05, 0) is 12.1 Å². The molecule has 0 unspecified atom stereocenters. The molecule has 2 heteroatoms. The van der Waals surface area contributed by atoms with Crippen LogP contribution in [0.5, 0.6) is 5.75 Å². The molecule has 0 heterocycles. The summed E-state index contributed by atoms with van der Waals surface area (Å²) in [5, 5.41) is 8.63. The molecule has 0 aliphatic carbocycles. The summed E-state index contributed by atoms with van der Waals surface area (Å²) in [6, 6.07) is 8.71. The summed E-state index contributed by atoms with van der Waals surface area (Å²) in [6.07, 6.45) is 0. The van der Waals surface area contributed by atoms with Crippen LogP contribution in [-0.4, -0.2) is 5.11 Å². The van der Waals surface area contributed by atoms with Crippen molar-refractivity contribution in [1.29, 1.82) is 0 Å². The van der Waals surface area contributed by atoms with Gasteiger partial charge in [0, 0.05) is 16.8 Å². The van der Waals surface area contributed by atoms with Crippen LogP contribution in [0, 0.1) is 0 Å². The van der Waals surface area contributed by atoms with Crippen LogP contribution in [-0.2, 0) is 16.8 Å². The van der Waals surface area contributed by atoms with Crippen molar-refractivity contribution < 1.29 is 21.9 Å². The first kappa shape index (κ1) is 7.53. The molecular weight excluding hydrogens is 147 g/mol. The fourth-order valence-electron chi connectivity index (χ4n) is 0.428. The maximum absolute atomic E-state index is 8.63. The molecule has 0 amide bonds. The first-order valence-electron chi connectivity index (χ1n) is 2.13. The van der Waals surface area contributed by atoms with Crippen LogP contribution in [0.1, 0.15) is 0 Å². The normalized spacial score (nSPS) is 7.50. The minimum atomic E-state index is 0. The van der Waals surface area contributed by atoms with Gasteiger partial charge in [0.2, 0.25) is 0 Å². The Hall–Kier alpha value is -0.474. The van der Waals surface area contributed by atoms with Gasteiger partial charge in [-0.2, -0.15) is 0 Å². The summed E-state index contributed by atoms with van der Waals surface area (Å²) in [7, 11) is 0. The molecule has 0 spiro atoms. The average Bonchev–Trinajstić information content (AvgIpc) is 1.69. The van der Waals surface area contributed by atoms with Gasteiger partial charge in [-0.3, -0.25) is 0 Å². The Bertz CT molecular complexity index is 138. The quantitative estimate of drug-likeness (QED) is 0.597. The molecule has 1 aromatic carbocycles. The van der Waals surface area contributed by atoms with Gasteiger partial charge in [-0.25, -0.2) is 0 Å². The number of hydrogen-bond donors (Lipinski definition) is 1. The minimum Gasteiger partial charge on any atom is -0.508 e. The van der Waals surface area contributed by atoms with E-state index in [9.17, 15) is 0 Å². The Morgan fingerprint density at radius 2 is 1.50 bits per heavy atom. The molecule has 1 radical (unpaired) electrons. The fraction of sp³-hybridized carbons (Fsp3) is 0. The fourth-order valence-corrected chi connectivity index (χ4v) is 0.428. The molecule has 0 aromatic heterocycles. The van der Waals surface area contributed by atoms with E-state index in [-0.39, 0.29) is 16.8 Å². The van der Waals surface area contributed by atoms with E-state index >= 15 is 0 Å². The number of phenolic OH excluding ortho intramolecular Hbond substituents is 1. The molecule has 0 aliphatic heterocycles. The van der Waals surface area contributed by atoms with E-state index in [1.54, 1.807) is 24.3 Å². The predicted molar refractivity (Wildman–Crippen MR) is 28.1 cm³/mol. The second kappa shape index (κ2) is 3.52. The largest absolute Gasteiger partial charge is 0.508 e. The van der Waals surface area contributed by atoms with Gasteiger partial charge in [0.1, 0.15) is 5.75 Å². The van der Waals surface area contributed by atoms with Crippen molar-refractivity contribution in [3.63, 3.8) is 0 Å². The number of benzene rings is 1. The third-order valence-electron chi connectivity index (χ3n) is 0.756. The van der Waals surface area contributed by atoms with Crippen LogP contribution >= 0.6 is 0 Å². The zero-order valence-corrected chi connectivity index (χ0v) is 5.21. The summed E-state index contributed by atoms with van der Waals surface area (Å²) in [5.74, 6) is 0.322. The Kier molecular flexibility index (Phi) is 3.31. The van der Waals surface area contributed by atoms with Crippen LogP contribution in [0.2, 0.25) is 0 Å². The van der Waals surface area contributed by atoms with Crippen LogP contribution < -0.4 is 0 Å². The molecule has 1 nitrogen and oxygen atoms in total. The monoisotopic (exact) mass is 153 g/mol. The van der Waals surface area contributed by atoms with E-state index in [1.807, 2.05) is 6.07 Å². The number of aromatic hydroxyl groups is 1. The molecular formula is C6H6CoO. The maximum atomic E-state index is 8.63. The van der Waals surface area contributed by atoms with Crippen molar-refractivity contribution in [2.75, 3.05) is 0 Å². The van der Waals surface area contributed by atoms with Crippen molar-refractivity contribution in [2.45, 2.75) is 0 Å². The first-order valence-corrected chi connectivity index (χ1v) is 2.13. The maximum Gasteiger partial charge on any atom is 0.115 e. The summed E-state index contributed by atoms with van der Waals surface area (Å²) in [6.45, 7) is 0. The number of phenols is 1. The van der Waals surface area contributed by atoms with Gasteiger partial charge in [-0.1, -0.05) is 18.2 Å². The van der Waals surface area contributed by atoms with Crippen molar-refractivity contribution in [1.82, 2.24) is 0 Å². The number of para-hydroxylation sites is 1. The van der Waals surface area contributed by atoms with Crippen LogP contribution in [0.4, 0.5) is 0 Å². The van der Waals surface area contributed by atoms with Gasteiger partial charge in [0.25, 0.3) is 0 Å². The smallest absolute Gasteiger partial charge is 0.115 e. The summed E-state index contributed by atoms with van der Waals surface area (Å²) < 4.78 is 0. The van der Waals surface area contributed by atoms with Gasteiger partial charge >= 0.3 is 0 Å². The van der Waals surface area contributed by atoms with Crippen LogP contribution in [0.3, 0.4) is 0 Å². The van der Waals surface area contributed by atoms with E-state index < -0.39 is 0 Å². The van der Waals surface area contributed by atoms with E-state index in [2.05, 4.69) is 0 Å². The van der Waals surface area contributed by atoms with Crippen molar-refractivity contribution in [2.24, 2.45) is 0 Å². The first-order chi connectivity index (χ1) is 3.39. The summed E-state index contributed by atoms with van der Waals surface area (Å²) in [5.41, 5.74) is 0. The molecule has 0 bridgehead atoms. The van der Waals surface area contributed by atoms with Gasteiger partial charge in [0.15, 0.2) is 0 Å². The molecule has 0 atom stereocenters. The molecule has 0 saturated heterocycles. The molecule has 0 aliphatic rings. The molecule has 45 valence electrons. The van der Waals surface area contributed by atoms with E-state index in [4.69, 9.17) is 5.11 Å². The van der Waals surface area contributed by atoms with Gasteiger partial charge in [-0.15, -0.1) is 0 Å². The molecule has 1 aromatic rings. The van der Waals surface area contributed by atoms with E-state index in [0.29, 0.717) is 5.75 Å². The molecule has 8 heavy (non-hydrogen) atoms. The Morgan fingerprint density at radius 3 is 1.75 bits per heavy atom.